The van der Waals surface area contributed by atoms with Crippen molar-refractivity contribution >= 4 is 13.3 Å². The van der Waals surface area contributed by atoms with Crippen LogP contribution >= 0.6 is 8.03 Å². The summed E-state index contributed by atoms with van der Waals surface area (Å²) in [6, 6.07) is 7.76. The first-order valence-corrected chi connectivity index (χ1v) is 5.85. The molecule has 13 heavy (non-hydrogen) atoms. The number of hydrogen-bond acceptors (Lipinski definition) is 2. The molecule has 1 rings (SSSR count). The summed E-state index contributed by atoms with van der Waals surface area (Å²) >= 11 is 0. The van der Waals surface area contributed by atoms with Gasteiger partial charge >= 0.3 is 0 Å². The Balaban J connectivity index is 2.74. The average molecular weight is 198 g/mol. The van der Waals surface area contributed by atoms with Gasteiger partial charge in [0.2, 0.25) is 8.03 Å². The van der Waals surface area contributed by atoms with Gasteiger partial charge in [0, 0.05) is 5.30 Å². The van der Waals surface area contributed by atoms with E-state index >= 15 is 0 Å². The predicted molar refractivity (Wildman–Crippen MR) is 56.1 cm³/mol. The van der Waals surface area contributed by atoms with Crippen molar-refractivity contribution in [3.8, 4) is 0 Å². The Morgan fingerprint density at radius 1 is 1.23 bits per heavy atom. The van der Waals surface area contributed by atoms with Crippen LogP contribution in [0.15, 0.2) is 24.3 Å². The minimum absolute atomic E-state index is 0.507. The Kier molecular flexibility index (Phi) is 4.20. The van der Waals surface area contributed by atoms with Gasteiger partial charge in [-0.15, -0.1) is 0 Å². The summed E-state index contributed by atoms with van der Waals surface area (Å²) in [7, 11) is -1.99. The second-order valence-corrected chi connectivity index (χ2v) is 4.21. The highest BCUT2D eigenvalue weighted by Gasteiger charge is 2.01. The van der Waals surface area contributed by atoms with E-state index in [2.05, 4.69) is 6.92 Å². The van der Waals surface area contributed by atoms with Crippen molar-refractivity contribution in [1.29, 1.82) is 0 Å². The third-order valence-electron chi connectivity index (χ3n) is 1.87. The normalized spacial score (nSPS) is 12.8. The molecule has 2 nitrogen and oxygen atoms in total. The van der Waals surface area contributed by atoms with Gasteiger partial charge in [0.25, 0.3) is 0 Å². The van der Waals surface area contributed by atoms with E-state index in [1.165, 1.54) is 5.56 Å². The zero-order valence-electron chi connectivity index (χ0n) is 8.04. The largest absolute Gasteiger partial charge is 0.328 e. The predicted octanol–water partition coefficient (Wildman–Crippen LogP) is 2.39. The number of hydrogen-bond donors (Lipinski definition) is 0. The second kappa shape index (κ2) is 5.21. The smallest absolute Gasteiger partial charge is 0.220 e. The minimum atomic E-state index is -1.99. The first kappa shape index (κ1) is 10.5. The van der Waals surface area contributed by atoms with Crippen LogP contribution in [0.1, 0.15) is 19.4 Å². The van der Waals surface area contributed by atoms with E-state index in [1.54, 1.807) is 0 Å². The molecule has 3 heteroatoms. The highest BCUT2D eigenvalue weighted by atomic mass is 31.1. The summed E-state index contributed by atoms with van der Waals surface area (Å²) in [5.74, 6) is 0. The topological polar surface area (TPSA) is 26.3 Å². The van der Waals surface area contributed by atoms with Gasteiger partial charge in [0.05, 0.1) is 6.61 Å². The zero-order chi connectivity index (χ0) is 9.68. The molecule has 0 N–H and O–H groups in total. The molecule has 0 aliphatic carbocycles. The van der Waals surface area contributed by atoms with Crippen LogP contribution in [0.5, 0.6) is 0 Å². The van der Waals surface area contributed by atoms with Gasteiger partial charge in [-0.05, 0) is 31.0 Å². The van der Waals surface area contributed by atoms with E-state index < -0.39 is 8.03 Å². The first-order valence-electron chi connectivity index (χ1n) is 4.54. The Morgan fingerprint density at radius 2 is 1.85 bits per heavy atom. The molecule has 0 fully saturated rings. The van der Waals surface area contributed by atoms with E-state index in [1.807, 2.05) is 31.2 Å². The highest BCUT2D eigenvalue weighted by molar-refractivity contribution is 7.48. The van der Waals surface area contributed by atoms with Crippen LogP contribution in [-0.4, -0.2) is 6.61 Å². The Hall–Kier alpha value is -0.590. The second-order valence-electron chi connectivity index (χ2n) is 2.77. The van der Waals surface area contributed by atoms with Gasteiger partial charge in [-0.25, -0.2) is 0 Å². The lowest BCUT2D eigenvalue weighted by molar-refractivity contribution is 0.357. The first-order chi connectivity index (χ1) is 6.27. The van der Waals surface area contributed by atoms with Crippen molar-refractivity contribution < 1.29 is 9.09 Å². The molecular formula is C10H15O2P. The maximum Gasteiger partial charge on any atom is 0.220 e. The molecule has 1 aromatic rings. The SMILES string of the molecule is CCO[PH](=O)c1ccc(CC)cc1. The highest BCUT2D eigenvalue weighted by Crippen LogP contribution is 2.20. The van der Waals surface area contributed by atoms with E-state index in [-0.39, 0.29) is 0 Å². The van der Waals surface area contributed by atoms with Crippen LogP contribution < -0.4 is 5.30 Å². The van der Waals surface area contributed by atoms with E-state index in [0.29, 0.717) is 6.61 Å². The monoisotopic (exact) mass is 198 g/mol. The van der Waals surface area contributed by atoms with Crippen molar-refractivity contribution in [2.75, 3.05) is 6.61 Å². The molecule has 0 saturated carbocycles. The molecule has 0 aliphatic heterocycles. The third kappa shape index (κ3) is 2.98. The fraction of sp³-hybridized carbons (Fsp3) is 0.400. The lowest BCUT2D eigenvalue weighted by Gasteiger charge is -2.02. The van der Waals surface area contributed by atoms with Crippen LogP contribution in [0.3, 0.4) is 0 Å². The molecular weight excluding hydrogens is 183 g/mol. The van der Waals surface area contributed by atoms with Gasteiger partial charge in [0.15, 0.2) is 0 Å². The van der Waals surface area contributed by atoms with Crippen LogP contribution in [0.25, 0.3) is 0 Å². The summed E-state index contributed by atoms with van der Waals surface area (Å²) < 4.78 is 16.5. The van der Waals surface area contributed by atoms with Gasteiger partial charge in [-0.2, -0.15) is 0 Å². The van der Waals surface area contributed by atoms with Crippen LogP contribution in [-0.2, 0) is 15.5 Å². The van der Waals surface area contributed by atoms with E-state index in [4.69, 9.17) is 4.52 Å². The quantitative estimate of drug-likeness (QED) is 0.694. The number of rotatable bonds is 4. The molecule has 1 aromatic carbocycles. The fourth-order valence-electron chi connectivity index (χ4n) is 1.09. The van der Waals surface area contributed by atoms with Gasteiger partial charge in [-0.3, -0.25) is 4.57 Å². The summed E-state index contributed by atoms with van der Waals surface area (Å²) in [6.07, 6.45) is 1.01. The molecule has 0 radical (unpaired) electrons. The maximum atomic E-state index is 11.4. The average Bonchev–Trinajstić information content (AvgIpc) is 2.18. The molecule has 0 saturated heterocycles. The van der Waals surface area contributed by atoms with Crippen molar-refractivity contribution in [3.63, 3.8) is 0 Å². The number of benzene rings is 1. The maximum absolute atomic E-state index is 11.4. The molecule has 0 aromatic heterocycles. The van der Waals surface area contributed by atoms with Gasteiger partial charge in [0.1, 0.15) is 0 Å². The minimum Gasteiger partial charge on any atom is -0.328 e. The van der Waals surface area contributed by atoms with Crippen molar-refractivity contribution in [1.82, 2.24) is 0 Å². The molecule has 0 spiro atoms. The van der Waals surface area contributed by atoms with Gasteiger partial charge < -0.3 is 4.52 Å². The Labute approximate surface area is 79.8 Å². The Bertz CT molecular complexity index is 279. The number of aryl methyl sites for hydroxylation is 1. The zero-order valence-corrected chi connectivity index (χ0v) is 9.04. The van der Waals surface area contributed by atoms with Crippen molar-refractivity contribution in [2.24, 2.45) is 0 Å². The molecule has 0 amide bonds. The van der Waals surface area contributed by atoms with Crippen LogP contribution in [0.2, 0.25) is 0 Å². The summed E-state index contributed by atoms with van der Waals surface area (Å²) in [4.78, 5) is 0. The Morgan fingerprint density at radius 3 is 2.31 bits per heavy atom. The molecule has 72 valence electrons. The summed E-state index contributed by atoms with van der Waals surface area (Å²) in [5, 5.41) is 0.809. The molecule has 0 heterocycles. The molecule has 1 atom stereocenters. The molecule has 1 unspecified atom stereocenters. The lowest BCUT2D eigenvalue weighted by atomic mass is 10.2. The summed E-state index contributed by atoms with van der Waals surface area (Å²) in [5.41, 5.74) is 1.26. The standard InChI is InChI=1S/C10H15O2P/c1-3-9-5-7-10(8-6-9)13(11)12-4-2/h5-8,13H,3-4H2,1-2H3. The summed E-state index contributed by atoms with van der Waals surface area (Å²) in [6.45, 7) is 4.46. The van der Waals surface area contributed by atoms with Crippen molar-refractivity contribution in [2.45, 2.75) is 20.3 Å². The molecule has 0 bridgehead atoms. The van der Waals surface area contributed by atoms with E-state index in [9.17, 15) is 4.57 Å². The van der Waals surface area contributed by atoms with Crippen LogP contribution in [0, 0.1) is 0 Å². The lowest BCUT2D eigenvalue weighted by Crippen LogP contribution is -1.98. The van der Waals surface area contributed by atoms with Gasteiger partial charge in [-0.1, -0.05) is 19.1 Å². The van der Waals surface area contributed by atoms with Crippen molar-refractivity contribution in [3.05, 3.63) is 29.8 Å². The third-order valence-corrected chi connectivity index (χ3v) is 3.23. The molecule has 0 aliphatic rings. The fourth-order valence-corrected chi connectivity index (χ4v) is 1.96. The van der Waals surface area contributed by atoms with Crippen LogP contribution in [0.4, 0.5) is 0 Å². The van der Waals surface area contributed by atoms with E-state index in [0.717, 1.165) is 11.7 Å².